The van der Waals surface area contributed by atoms with Crippen LogP contribution in [0.5, 0.6) is 0 Å². The van der Waals surface area contributed by atoms with Crippen LogP contribution in [0.3, 0.4) is 0 Å². The van der Waals surface area contributed by atoms with Gasteiger partial charge in [0.05, 0.1) is 18.4 Å². The van der Waals surface area contributed by atoms with Crippen molar-refractivity contribution >= 4 is 33.0 Å². The van der Waals surface area contributed by atoms with Crippen LogP contribution in [0.15, 0.2) is 28.3 Å². The van der Waals surface area contributed by atoms with Gasteiger partial charge in [-0.3, -0.25) is 4.68 Å². The maximum Gasteiger partial charge on any atom is 0.0753 e. The zero-order chi connectivity index (χ0) is 9.26. The van der Waals surface area contributed by atoms with E-state index in [0.29, 0.717) is 5.69 Å². The minimum atomic E-state index is 0.704. The molecule has 0 saturated carbocycles. The number of anilines is 1. The van der Waals surface area contributed by atoms with E-state index in [4.69, 9.17) is 5.73 Å². The molecule has 0 radical (unpaired) electrons. The van der Waals surface area contributed by atoms with Crippen LogP contribution in [-0.2, 0) is 6.54 Å². The van der Waals surface area contributed by atoms with Crippen LogP contribution in [0.25, 0.3) is 0 Å². The maximum atomic E-state index is 5.55. The summed E-state index contributed by atoms with van der Waals surface area (Å²) in [4.78, 5) is 1.26. The van der Waals surface area contributed by atoms with Gasteiger partial charge >= 0.3 is 0 Å². The Labute approximate surface area is 88.3 Å². The van der Waals surface area contributed by atoms with Crippen molar-refractivity contribution in [2.45, 2.75) is 6.54 Å². The van der Waals surface area contributed by atoms with Gasteiger partial charge in [0.15, 0.2) is 0 Å². The Morgan fingerprint density at radius 2 is 2.46 bits per heavy atom. The lowest BCUT2D eigenvalue weighted by atomic mass is 10.5. The zero-order valence-electron chi connectivity index (χ0n) is 6.77. The topological polar surface area (TPSA) is 43.8 Å². The molecule has 2 aromatic heterocycles. The first-order chi connectivity index (χ1) is 6.24. The van der Waals surface area contributed by atoms with Gasteiger partial charge in [0, 0.05) is 20.9 Å². The third-order valence-electron chi connectivity index (χ3n) is 1.59. The number of nitrogens with two attached hydrogens (primary N) is 1. The summed E-state index contributed by atoms with van der Waals surface area (Å²) in [7, 11) is 0. The summed E-state index contributed by atoms with van der Waals surface area (Å²) < 4.78 is 2.95. The van der Waals surface area contributed by atoms with E-state index in [2.05, 4.69) is 32.5 Å². The molecule has 68 valence electrons. The van der Waals surface area contributed by atoms with E-state index in [1.807, 2.05) is 10.9 Å². The molecule has 3 nitrogen and oxygen atoms in total. The van der Waals surface area contributed by atoms with E-state index >= 15 is 0 Å². The van der Waals surface area contributed by atoms with Gasteiger partial charge in [0.1, 0.15) is 0 Å². The van der Waals surface area contributed by atoms with Crippen LogP contribution in [0.1, 0.15) is 4.88 Å². The van der Waals surface area contributed by atoms with Crippen molar-refractivity contribution in [3.05, 3.63) is 33.2 Å². The van der Waals surface area contributed by atoms with Gasteiger partial charge in [-0.2, -0.15) is 5.10 Å². The van der Waals surface area contributed by atoms with Gasteiger partial charge in [0.25, 0.3) is 0 Å². The average molecular weight is 258 g/mol. The number of hydrogen-bond acceptors (Lipinski definition) is 3. The highest BCUT2D eigenvalue weighted by Gasteiger charge is 1.99. The van der Waals surface area contributed by atoms with E-state index in [1.54, 1.807) is 17.5 Å². The molecule has 0 spiro atoms. The fourth-order valence-corrected chi connectivity index (χ4v) is 2.50. The van der Waals surface area contributed by atoms with E-state index in [9.17, 15) is 0 Å². The fourth-order valence-electron chi connectivity index (χ4n) is 1.06. The van der Waals surface area contributed by atoms with Crippen molar-refractivity contribution in [1.29, 1.82) is 0 Å². The van der Waals surface area contributed by atoms with E-state index in [-0.39, 0.29) is 0 Å². The van der Waals surface area contributed by atoms with Gasteiger partial charge in [-0.25, -0.2) is 0 Å². The highest BCUT2D eigenvalue weighted by molar-refractivity contribution is 9.10. The van der Waals surface area contributed by atoms with Crippen LogP contribution in [0.2, 0.25) is 0 Å². The molecule has 5 heteroatoms. The molecule has 0 aliphatic heterocycles. The summed E-state index contributed by atoms with van der Waals surface area (Å²) in [6, 6.07) is 2.09. The van der Waals surface area contributed by atoms with E-state index < -0.39 is 0 Å². The molecular formula is C8H8BrN3S. The molecule has 0 unspecified atom stereocenters. The Balaban J connectivity index is 2.14. The first-order valence-corrected chi connectivity index (χ1v) is 5.42. The Bertz CT molecular complexity index is 369. The minimum absolute atomic E-state index is 0.704. The lowest BCUT2D eigenvalue weighted by Gasteiger charge is -1.95. The van der Waals surface area contributed by atoms with E-state index in [1.165, 1.54) is 4.88 Å². The number of rotatable bonds is 2. The Morgan fingerprint density at radius 3 is 3.00 bits per heavy atom. The molecule has 0 aliphatic carbocycles. The second-order valence-electron chi connectivity index (χ2n) is 2.70. The Morgan fingerprint density at radius 1 is 1.62 bits per heavy atom. The first kappa shape index (κ1) is 8.77. The number of aromatic nitrogens is 2. The second-order valence-corrected chi connectivity index (χ2v) is 4.61. The molecule has 0 aromatic carbocycles. The van der Waals surface area contributed by atoms with Crippen molar-refractivity contribution in [2.24, 2.45) is 0 Å². The SMILES string of the molecule is Nc1cnn(Cc2cc(Br)cs2)c1. The van der Waals surface area contributed by atoms with Gasteiger partial charge in [-0.05, 0) is 22.0 Å². The monoisotopic (exact) mass is 257 g/mol. The smallest absolute Gasteiger partial charge is 0.0753 e. The molecule has 2 aromatic rings. The number of halogens is 1. The average Bonchev–Trinajstić information content (AvgIpc) is 2.62. The maximum absolute atomic E-state index is 5.55. The number of thiophene rings is 1. The molecule has 0 atom stereocenters. The summed E-state index contributed by atoms with van der Waals surface area (Å²) in [6.45, 7) is 0.785. The van der Waals surface area contributed by atoms with Crippen molar-refractivity contribution in [2.75, 3.05) is 5.73 Å². The molecule has 13 heavy (non-hydrogen) atoms. The molecule has 0 saturated heterocycles. The quantitative estimate of drug-likeness (QED) is 0.898. The molecule has 2 N–H and O–H groups in total. The summed E-state index contributed by atoms with van der Waals surface area (Å²) in [5.74, 6) is 0. The predicted molar refractivity (Wildman–Crippen MR) is 57.8 cm³/mol. The lowest BCUT2D eigenvalue weighted by Crippen LogP contribution is -1.97. The third-order valence-corrected chi connectivity index (χ3v) is 3.28. The number of nitrogen functional groups attached to an aromatic ring is 1. The van der Waals surface area contributed by atoms with Crippen molar-refractivity contribution < 1.29 is 0 Å². The van der Waals surface area contributed by atoms with Crippen molar-refractivity contribution in [3.63, 3.8) is 0 Å². The molecule has 2 heterocycles. The van der Waals surface area contributed by atoms with Crippen LogP contribution in [0.4, 0.5) is 5.69 Å². The number of nitrogens with zero attached hydrogens (tertiary/aromatic N) is 2. The second kappa shape index (κ2) is 3.51. The minimum Gasteiger partial charge on any atom is -0.396 e. The zero-order valence-corrected chi connectivity index (χ0v) is 9.18. The van der Waals surface area contributed by atoms with Crippen LogP contribution >= 0.6 is 27.3 Å². The van der Waals surface area contributed by atoms with Gasteiger partial charge in [0.2, 0.25) is 0 Å². The van der Waals surface area contributed by atoms with Crippen molar-refractivity contribution in [1.82, 2.24) is 9.78 Å². The largest absolute Gasteiger partial charge is 0.396 e. The molecule has 0 aliphatic rings. The third kappa shape index (κ3) is 2.10. The molecule has 0 bridgehead atoms. The summed E-state index contributed by atoms with van der Waals surface area (Å²) in [6.07, 6.45) is 3.48. The van der Waals surface area contributed by atoms with E-state index in [0.717, 1.165) is 11.0 Å². The Hall–Kier alpha value is -0.810. The first-order valence-electron chi connectivity index (χ1n) is 3.75. The van der Waals surface area contributed by atoms with Gasteiger partial charge < -0.3 is 5.73 Å². The standard InChI is InChI=1S/C8H8BrN3S/c9-6-1-8(13-5-6)4-12-3-7(10)2-11-12/h1-3,5H,4,10H2. The molecule has 2 rings (SSSR count). The number of hydrogen-bond donors (Lipinski definition) is 1. The highest BCUT2D eigenvalue weighted by Crippen LogP contribution is 2.20. The Kier molecular flexibility index (Phi) is 2.37. The molecular weight excluding hydrogens is 250 g/mol. The van der Waals surface area contributed by atoms with Crippen LogP contribution < -0.4 is 5.73 Å². The van der Waals surface area contributed by atoms with Gasteiger partial charge in [-0.1, -0.05) is 0 Å². The highest BCUT2D eigenvalue weighted by atomic mass is 79.9. The van der Waals surface area contributed by atoms with Gasteiger partial charge in [-0.15, -0.1) is 11.3 Å². The summed E-state index contributed by atoms with van der Waals surface area (Å²) in [5.41, 5.74) is 6.25. The summed E-state index contributed by atoms with van der Waals surface area (Å²) >= 11 is 5.11. The van der Waals surface area contributed by atoms with Crippen LogP contribution in [-0.4, -0.2) is 9.78 Å². The predicted octanol–water partition coefficient (Wildman–Crippen LogP) is 2.34. The molecule has 0 amide bonds. The fraction of sp³-hybridized carbons (Fsp3) is 0.125. The van der Waals surface area contributed by atoms with Crippen molar-refractivity contribution in [3.8, 4) is 0 Å². The molecule has 0 fully saturated rings. The summed E-state index contributed by atoms with van der Waals surface area (Å²) in [5, 5.41) is 6.16. The normalized spacial score (nSPS) is 10.5. The van der Waals surface area contributed by atoms with Crippen LogP contribution in [0, 0.1) is 0 Å². The lowest BCUT2D eigenvalue weighted by molar-refractivity contribution is 0.695.